The Kier molecular flexibility index (Phi) is 11.3. The number of ether oxygens (including phenoxy) is 3. The molecular weight excluding hydrogens is 676 g/mol. The lowest BCUT2D eigenvalue weighted by molar-refractivity contribution is -0.135. The number of anilines is 1. The predicted octanol–water partition coefficient (Wildman–Crippen LogP) is 4.27. The van der Waals surface area contributed by atoms with Gasteiger partial charge in [0.15, 0.2) is 11.5 Å². The molecule has 1 aliphatic carbocycles. The maximum absolute atomic E-state index is 14.2. The van der Waals surface area contributed by atoms with Crippen LogP contribution in [0.1, 0.15) is 56.6 Å². The summed E-state index contributed by atoms with van der Waals surface area (Å²) in [5, 5.41) is 6.94. The van der Waals surface area contributed by atoms with E-state index >= 15 is 0 Å². The van der Waals surface area contributed by atoms with Gasteiger partial charge in [-0.1, -0.05) is 38.5 Å². The number of amides is 2. The van der Waals surface area contributed by atoms with Crippen molar-refractivity contribution in [1.82, 2.24) is 25.1 Å². The number of carbonyl (C=O) groups is 2. The van der Waals surface area contributed by atoms with Crippen molar-refractivity contribution in [3.05, 3.63) is 86.1 Å². The molecule has 2 heterocycles. The number of hydrogen-bond acceptors (Lipinski definition) is 10. The molecule has 0 saturated carbocycles. The van der Waals surface area contributed by atoms with E-state index in [9.17, 15) is 19.2 Å². The molecule has 4 aromatic rings. The van der Waals surface area contributed by atoms with E-state index in [1.165, 1.54) is 6.92 Å². The Morgan fingerprint density at radius 3 is 2.40 bits per heavy atom. The van der Waals surface area contributed by atoms with Gasteiger partial charge in [-0.3, -0.25) is 24.1 Å². The van der Waals surface area contributed by atoms with E-state index < -0.39 is 12.1 Å². The van der Waals surface area contributed by atoms with Crippen molar-refractivity contribution < 1.29 is 23.8 Å². The number of rotatable bonds is 11. The monoisotopic (exact) mass is 724 g/mol. The van der Waals surface area contributed by atoms with Crippen molar-refractivity contribution in [1.29, 1.82) is 0 Å². The number of aryl methyl sites for hydroxylation is 1. The number of aromatic nitrogens is 2. The first kappa shape index (κ1) is 37.3. The third-order valence-electron chi connectivity index (χ3n) is 10.4. The minimum Gasteiger partial charge on any atom is -0.493 e. The fraction of sp³-hybridized carbons (Fsp3) is 0.425. The van der Waals surface area contributed by atoms with E-state index in [1.54, 1.807) is 39.5 Å². The van der Waals surface area contributed by atoms with Gasteiger partial charge in [-0.2, -0.15) is 0 Å². The molecule has 2 aliphatic rings. The highest BCUT2D eigenvalue weighted by Crippen LogP contribution is 2.50. The van der Waals surface area contributed by atoms with Crippen molar-refractivity contribution in [2.75, 3.05) is 52.8 Å². The van der Waals surface area contributed by atoms with Gasteiger partial charge >= 0.3 is 0 Å². The van der Waals surface area contributed by atoms with E-state index in [1.807, 2.05) is 49.1 Å². The van der Waals surface area contributed by atoms with E-state index in [0.717, 1.165) is 11.1 Å². The van der Waals surface area contributed by atoms with E-state index in [-0.39, 0.29) is 34.4 Å². The van der Waals surface area contributed by atoms with Crippen molar-refractivity contribution in [2.45, 2.75) is 58.7 Å². The van der Waals surface area contributed by atoms with Crippen LogP contribution in [-0.4, -0.2) is 85.1 Å². The maximum Gasteiger partial charge on any atom is 0.258 e. The third-order valence-corrected chi connectivity index (χ3v) is 10.4. The Balaban J connectivity index is 1.28. The summed E-state index contributed by atoms with van der Waals surface area (Å²) in [5.74, 6) is 1.62. The first-order valence-electron chi connectivity index (χ1n) is 18.1. The van der Waals surface area contributed by atoms with Crippen LogP contribution in [0.5, 0.6) is 17.2 Å². The molecule has 3 atom stereocenters. The zero-order valence-electron chi connectivity index (χ0n) is 31.2. The molecule has 0 bridgehead atoms. The van der Waals surface area contributed by atoms with Gasteiger partial charge in [0, 0.05) is 38.7 Å². The fourth-order valence-electron chi connectivity index (χ4n) is 7.42. The highest BCUT2D eigenvalue weighted by molar-refractivity contribution is 5.86. The number of methoxy groups -OCH3 is 3. The SMILES string of the molecule is CC[C@H](C)[C@@H](Nc1ccc2c(cc1=O)[C@@H](NC(C)=O)CCc1cc(OC)c(OC)c(OC)c1-2)C(=O)N1CCN(Cc2nc3ccccc3c(=O)[nH]2)CC1. The molecule has 0 radical (unpaired) electrons. The number of nitrogens with one attached hydrogen (secondary N) is 3. The Morgan fingerprint density at radius 2 is 1.72 bits per heavy atom. The van der Waals surface area contributed by atoms with Gasteiger partial charge in [0.2, 0.25) is 23.0 Å². The van der Waals surface area contributed by atoms with Gasteiger partial charge in [0.05, 0.1) is 50.5 Å². The van der Waals surface area contributed by atoms with Gasteiger partial charge < -0.3 is 34.7 Å². The molecule has 1 aromatic heterocycles. The normalized spacial score (nSPS) is 16.8. The van der Waals surface area contributed by atoms with E-state index in [4.69, 9.17) is 14.2 Å². The average Bonchev–Trinajstić information content (AvgIpc) is 3.40. The Bertz CT molecular complexity index is 2130. The molecule has 280 valence electrons. The van der Waals surface area contributed by atoms with Crippen molar-refractivity contribution in [2.24, 2.45) is 5.92 Å². The predicted molar refractivity (Wildman–Crippen MR) is 204 cm³/mol. The zero-order valence-corrected chi connectivity index (χ0v) is 31.2. The summed E-state index contributed by atoms with van der Waals surface area (Å²) >= 11 is 0. The fourth-order valence-corrected chi connectivity index (χ4v) is 7.42. The molecule has 1 aliphatic heterocycles. The standard InChI is InChI=1S/C40H48N6O7/c1-7-23(2)36(40(50)46-18-16-45(17-19-46)22-34-42-29-11-9-8-10-27(29)39(49)44-34)43-31-15-13-26-28(21-32(31)48)30(41-24(3)47)14-12-25-20-33(51-4)37(52-5)38(53-6)35(25)26/h8-11,13,15,20-21,23,30,36H,7,12,14,16-19,22H2,1-6H3,(H,41,47)(H,43,48)(H,42,44,49)/t23-,30-,36+/m0/s1. The third kappa shape index (κ3) is 7.71. The summed E-state index contributed by atoms with van der Waals surface area (Å²) in [7, 11) is 4.67. The summed E-state index contributed by atoms with van der Waals surface area (Å²) in [6, 6.07) is 13.2. The summed E-state index contributed by atoms with van der Waals surface area (Å²) in [6.07, 6.45) is 1.84. The zero-order chi connectivity index (χ0) is 37.8. The van der Waals surface area contributed by atoms with E-state index in [0.29, 0.717) is 97.1 Å². The molecule has 1 saturated heterocycles. The topological polar surface area (TPSA) is 155 Å². The largest absolute Gasteiger partial charge is 0.493 e. The van der Waals surface area contributed by atoms with Gasteiger partial charge in [0.1, 0.15) is 11.9 Å². The maximum atomic E-state index is 14.2. The number of nitrogens with zero attached hydrogens (tertiary/aromatic N) is 3. The lowest BCUT2D eigenvalue weighted by Crippen LogP contribution is -2.54. The van der Waals surface area contributed by atoms with Gasteiger partial charge in [-0.15, -0.1) is 0 Å². The highest BCUT2D eigenvalue weighted by Gasteiger charge is 2.33. The molecule has 13 heteroatoms. The van der Waals surface area contributed by atoms with Gasteiger partial charge in [-0.25, -0.2) is 4.98 Å². The Hall–Kier alpha value is -5.43. The second kappa shape index (κ2) is 16.1. The number of fused-ring (bicyclic) bond motifs is 4. The van der Waals surface area contributed by atoms with Crippen LogP contribution in [0.4, 0.5) is 5.69 Å². The van der Waals surface area contributed by atoms with Gasteiger partial charge in [-0.05, 0) is 65.8 Å². The number of para-hydroxylation sites is 1. The number of carbonyl (C=O) groups excluding carboxylic acids is 2. The molecule has 2 amide bonds. The molecule has 3 N–H and O–H groups in total. The summed E-state index contributed by atoms with van der Waals surface area (Å²) < 4.78 is 17.3. The van der Waals surface area contributed by atoms with Crippen molar-refractivity contribution in [3.8, 4) is 28.4 Å². The number of piperazine rings is 1. The summed E-state index contributed by atoms with van der Waals surface area (Å²) in [4.78, 5) is 64.8. The first-order chi connectivity index (χ1) is 25.6. The Morgan fingerprint density at radius 1 is 0.981 bits per heavy atom. The smallest absolute Gasteiger partial charge is 0.258 e. The minimum absolute atomic E-state index is 0.0799. The van der Waals surface area contributed by atoms with E-state index in [2.05, 4.69) is 25.5 Å². The molecule has 3 aromatic carbocycles. The molecule has 53 heavy (non-hydrogen) atoms. The van der Waals surface area contributed by atoms with Crippen LogP contribution in [-0.2, 0) is 22.6 Å². The van der Waals surface area contributed by atoms with Crippen LogP contribution in [0.15, 0.2) is 58.1 Å². The van der Waals surface area contributed by atoms with Crippen molar-refractivity contribution in [3.63, 3.8) is 0 Å². The Labute approximate surface area is 308 Å². The molecular formula is C40H48N6O7. The minimum atomic E-state index is -0.655. The first-order valence-corrected chi connectivity index (χ1v) is 18.1. The van der Waals surface area contributed by atoms with Crippen LogP contribution in [0.25, 0.3) is 22.0 Å². The summed E-state index contributed by atoms with van der Waals surface area (Å²) in [6.45, 7) is 8.15. The number of benzene rings is 2. The van der Waals surface area contributed by atoms with Crippen molar-refractivity contribution >= 4 is 28.4 Å². The lowest BCUT2D eigenvalue weighted by Gasteiger charge is -2.37. The molecule has 1 fully saturated rings. The van der Waals surface area contributed by atoms with Crippen LogP contribution in [0.2, 0.25) is 0 Å². The lowest BCUT2D eigenvalue weighted by atomic mass is 9.95. The van der Waals surface area contributed by atoms with Crippen LogP contribution >= 0.6 is 0 Å². The molecule has 0 spiro atoms. The molecule has 13 nitrogen and oxygen atoms in total. The quantitative estimate of drug-likeness (QED) is 0.204. The number of H-pyrrole nitrogens is 1. The summed E-state index contributed by atoms with van der Waals surface area (Å²) in [5.41, 5.74) is 3.51. The van der Waals surface area contributed by atoms with Crippen LogP contribution in [0.3, 0.4) is 0 Å². The average molecular weight is 725 g/mol. The van der Waals surface area contributed by atoms with Crippen LogP contribution in [0, 0.1) is 5.92 Å². The number of hydrogen-bond donors (Lipinski definition) is 3. The number of aromatic amines is 1. The van der Waals surface area contributed by atoms with Crippen LogP contribution < -0.4 is 35.8 Å². The molecule has 0 unspecified atom stereocenters. The highest BCUT2D eigenvalue weighted by atomic mass is 16.5. The second-order valence-electron chi connectivity index (χ2n) is 13.7. The molecule has 6 rings (SSSR count). The second-order valence-corrected chi connectivity index (χ2v) is 13.7. The van der Waals surface area contributed by atoms with Gasteiger partial charge in [0.25, 0.3) is 5.56 Å².